The van der Waals surface area contributed by atoms with Gasteiger partial charge in [-0.05, 0) is 31.5 Å². The van der Waals surface area contributed by atoms with Crippen LogP contribution in [-0.2, 0) is 19.6 Å². The summed E-state index contributed by atoms with van der Waals surface area (Å²) in [6.45, 7) is 8.84. The van der Waals surface area contributed by atoms with E-state index >= 15 is 0 Å². The largest absolute Gasteiger partial charge is 0.486 e. The Morgan fingerprint density at radius 1 is 1.24 bits per heavy atom. The molecule has 0 saturated carbocycles. The maximum Gasteiger partial charge on any atom is 0.140 e. The van der Waals surface area contributed by atoms with Gasteiger partial charge >= 0.3 is 0 Å². The second kappa shape index (κ2) is 8.15. The SMILES string of the molecule is CCCc1nc(COc2ccccc2C)sc1CNCC. The molecule has 2 aromatic rings. The van der Waals surface area contributed by atoms with E-state index in [4.69, 9.17) is 9.72 Å². The Morgan fingerprint density at radius 2 is 2.05 bits per heavy atom. The van der Waals surface area contributed by atoms with Gasteiger partial charge in [-0.2, -0.15) is 0 Å². The van der Waals surface area contributed by atoms with Crippen LogP contribution in [0.4, 0.5) is 0 Å². The van der Waals surface area contributed by atoms with Crippen LogP contribution < -0.4 is 10.1 Å². The molecule has 0 atom stereocenters. The summed E-state index contributed by atoms with van der Waals surface area (Å²) in [5, 5.41) is 4.45. The third kappa shape index (κ3) is 4.55. The molecule has 1 heterocycles. The van der Waals surface area contributed by atoms with Crippen molar-refractivity contribution in [3.63, 3.8) is 0 Å². The van der Waals surface area contributed by atoms with Gasteiger partial charge in [-0.1, -0.05) is 38.5 Å². The summed E-state index contributed by atoms with van der Waals surface area (Å²) in [5.74, 6) is 0.943. The first-order valence-corrected chi connectivity index (χ1v) is 8.42. The molecule has 0 fully saturated rings. The molecule has 0 bridgehead atoms. The standard InChI is InChI=1S/C17H24N2OS/c1-4-8-14-16(11-18-5-2)21-17(19-14)12-20-15-10-7-6-9-13(15)3/h6-7,9-10,18H,4-5,8,11-12H2,1-3H3. The first kappa shape index (κ1) is 16.0. The lowest BCUT2D eigenvalue weighted by molar-refractivity contribution is 0.303. The van der Waals surface area contributed by atoms with Crippen LogP contribution in [0.5, 0.6) is 5.75 Å². The second-order valence-electron chi connectivity index (χ2n) is 5.06. The van der Waals surface area contributed by atoms with E-state index in [1.165, 1.54) is 10.6 Å². The maximum absolute atomic E-state index is 5.90. The molecule has 0 aliphatic rings. The summed E-state index contributed by atoms with van der Waals surface area (Å²) in [7, 11) is 0. The number of para-hydroxylation sites is 1. The Morgan fingerprint density at radius 3 is 2.76 bits per heavy atom. The number of rotatable bonds is 8. The molecule has 0 aliphatic carbocycles. The smallest absolute Gasteiger partial charge is 0.140 e. The normalized spacial score (nSPS) is 10.8. The molecule has 1 aromatic heterocycles. The lowest BCUT2D eigenvalue weighted by atomic mass is 10.2. The third-order valence-electron chi connectivity index (χ3n) is 3.29. The number of aromatic nitrogens is 1. The average Bonchev–Trinajstić information content (AvgIpc) is 2.87. The summed E-state index contributed by atoms with van der Waals surface area (Å²) in [4.78, 5) is 6.10. The van der Waals surface area contributed by atoms with E-state index in [-0.39, 0.29) is 0 Å². The summed E-state index contributed by atoms with van der Waals surface area (Å²) in [6, 6.07) is 8.11. The molecule has 0 unspecified atom stereocenters. The van der Waals surface area contributed by atoms with E-state index < -0.39 is 0 Å². The highest BCUT2D eigenvalue weighted by Crippen LogP contribution is 2.23. The molecule has 0 saturated heterocycles. The number of nitrogens with one attached hydrogen (secondary N) is 1. The van der Waals surface area contributed by atoms with E-state index in [1.807, 2.05) is 18.2 Å². The highest BCUT2D eigenvalue weighted by atomic mass is 32.1. The van der Waals surface area contributed by atoms with Crippen LogP contribution in [0.25, 0.3) is 0 Å². The molecule has 0 radical (unpaired) electrons. The van der Waals surface area contributed by atoms with Gasteiger partial charge in [0.1, 0.15) is 17.4 Å². The molecule has 3 nitrogen and oxygen atoms in total. The van der Waals surface area contributed by atoms with Crippen molar-refractivity contribution in [2.75, 3.05) is 6.54 Å². The Bertz CT molecular complexity index is 566. The van der Waals surface area contributed by atoms with Crippen LogP contribution in [-0.4, -0.2) is 11.5 Å². The Labute approximate surface area is 131 Å². The van der Waals surface area contributed by atoms with Crippen molar-refractivity contribution in [2.24, 2.45) is 0 Å². The zero-order chi connectivity index (χ0) is 15.1. The van der Waals surface area contributed by atoms with Gasteiger partial charge in [0.25, 0.3) is 0 Å². The molecule has 114 valence electrons. The fourth-order valence-corrected chi connectivity index (χ4v) is 3.16. The Hall–Kier alpha value is -1.39. The van der Waals surface area contributed by atoms with Gasteiger partial charge in [0, 0.05) is 11.4 Å². The number of aryl methyl sites for hydroxylation is 2. The monoisotopic (exact) mass is 304 g/mol. The number of hydrogen-bond donors (Lipinski definition) is 1. The quantitative estimate of drug-likeness (QED) is 0.797. The number of nitrogens with zero attached hydrogens (tertiary/aromatic N) is 1. The van der Waals surface area contributed by atoms with Crippen molar-refractivity contribution >= 4 is 11.3 Å². The van der Waals surface area contributed by atoms with E-state index in [2.05, 4.69) is 32.2 Å². The molecular weight excluding hydrogens is 280 g/mol. The van der Waals surface area contributed by atoms with Crippen molar-refractivity contribution in [3.8, 4) is 5.75 Å². The van der Waals surface area contributed by atoms with Gasteiger partial charge in [-0.3, -0.25) is 0 Å². The predicted octanol–water partition coefficient (Wildman–Crippen LogP) is 4.09. The zero-order valence-corrected chi connectivity index (χ0v) is 13.9. The van der Waals surface area contributed by atoms with Crippen molar-refractivity contribution in [2.45, 2.75) is 46.8 Å². The molecule has 4 heteroatoms. The number of benzene rings is 1. The van der Waals surface area contributed by atoms with E-state index in [9.17, 15) is 0 Å². The summed E-state index contributed by atoms with van der Waals surface area (Å²) >= 11 is 1.77. The summed E-state index contributed by atoms with van der Waals surface area (Å²) < 4.78 is 5.90. The molecule has 1 aromatic carbocycles. The van der Waals surface area contributed by atoms with Gasteiger partial charge < -0.3 is 10.1 Å². The zero-order valence-electron chi connectivity index (χ0n) is 13.1. The van der Waals surface area contributed by atoms with Gasteiger partial charge in [-0.15, -0.1) is 11.3 Å². The van der Waals surface area contributed by atoms with Crippen LogP contribution in [0.3, 0.4) is 0 Å². The molecule has 0 amide bonds. The van der Waals surface area contributed by atoms with Crippen molar-refractivity contribution in [1.82, 2.24) is 10.3 Å². The Balaban J connectivity index is 2.04. The molecular formula is C17H24N2OS. The van der Waals surface area contributed by atoms with E-state index in [0.717, 1.165) is 42.3 Å². The van der Waals surface area contributed by atoms with Crippen molar-refractivity contribution < 1.29 is 4.74 Å². The van der Waals surface area contributed by atoms with E-state index in [1.54, 1.807) is 11.3 Å². The topological polar surface area (TPSA) is 34.1 Å². The number of ether oxygens (including phenoxy) is 1. The van der Waals surface area contributed by atoms with Gasteiger partial charge in [0.15, 0.2) is 0 Å². The molecule has 21 heavy (non-hydrogen) atoms. The molecule has 0 aliphatic heterocycles. The van der Waals surface area contributed by atoms with Crippen LogP contribution in [0.2, 0.25) is 0 Å². The van der Waals surface area contributed by atoms with Crippen molar-refractivity contribution in [3.05, 3.63) is 45.4 Å². The first-order valence-electron chi connectivity index (χ1n) is 7.61. The second-order valence-corrected chi connectivity index (χ2v) is 6.23. The lowest BCUT2D eigenvalue weighted by Gasteiger charge is -2.06. The van der Waals surface area contributed by atoms with Crippen LogP contribution in [0.15, 0.2) is 24.3 Å². The van der Waals surface area contributed by atoms with Crippen LogP contribution in [0, 0.1) is 6.92 Å². The first-order chi connectivity index (χ1) is 10.2. The lowest BCUT2D eigenvalue weighted by Crippen LogP contribution is -2.11. The number of thiazole rings is 1. The number of hydrogen-bond acceptors (Lipinski definition) is 4. The summed E-state index contributed by atoms with van der Waals surface area (Å²) in [5.41, 5.74) is 2.39. The van der Waals surface area contributed by atoms with Gasteiger partial charge in [0.2, 0.25) is 0 Å². The maximum atomic E-state index is 5.90. The fourth-order valence-electron chi connectivity index (χ4n) is 2.17. The van der Waals surface area contributed by atoms with Crippen LogP contribution in [0.1, 0.15) is 41.4 Å². The molecule has 2 rings (SSSR count). The van der Waals surface area contributed by atoms with Crippen LogP contribution >= 0.6 is 11.3 Å². The fraction of sp³-hybridized carbons (Fsp3) is 0.471. The minimum absolute atomic E-state index is 0.554. The van der Waals surface area contributed by atoms with Gasteiger partial charge in [-0.25, -0.2) is 4.98 Å². The minimum atomic E-state index is 0.554. The Kier molecular flexibility index (Phi) is 6.21. The summed E-state index contributed by atoms with van der Waals surface area (Å²) in [6.07, 6.45) is 2.17. The third-order valence-corrected chi connectivity index (χ3v) is 4.36. The predicted molar refractivity (Wildman–Crippen MR) is 89.0 cm³/mol. The molecule has 1 N–H and O–H groups in total. The minimum Gasteiger partial charge on any atom is -0.486 e. The average molecular weight is 304 g/mol. The van der Waals surface area contributed by atoms with Crippen molar-refractivity contribution in [1.29, 1.82) is 0 Å². The van der Waals surface area contributed by atoms with Gasteiger partial charge in [0.05, 0.1) is 5.69 Å². The highest BCUT2D eigenvalue weighted by Gasteiger charge is 2.11. The highest BCUT2D eigenvalue weighted by molar-refractivity contribution is 7.11. The molecule has 0 spiro atoms. The van der Waals surface area contributed by atoms with E-state index in [0.29, 0.717) is 6.61 Å².